The molecule has 2 aromatic rings. The number of urea groups is 1. The van der Waals surface area contributed by atoms with Crippen molar-refractivity contribution in [1.82, 2.24) is 19.7 Å². The van der Waals surface area contributed by atoms with Gasteiger partial charge in [-0.1, -0.05) is 6.07 Å². The summed E-state index contributed by atoms with van der Waals surface area (Å²) >= 11 is 1.28. The van der Waals surface area contributed by atoms with Gasteiger partial charge in [0.05, 0.1) is 17.7 Å². The lowest BCUT2D eigenvalue weighted by molar-refractivity contribution is -0.137. The number of benzene rings is 1. The summed E-state index contributed by atoms with van der Waals surface area (Å²) in [6, 6.07) is 5.06. The standard InChI is InChI=1S/C22H27F3N6O2S/c1-28-5-7-31(8-6-28)21(33)27-20-26-17(15-34-20)14-19(32)30-11-9-29(10-12-30)18-4-2-3-16(13-18)22(23,24)25/h2-4,13,15H,5-12,14H2,1H3,(H,26,27,33). The second-order valence-electron chi connectivity index (χ2n) is 8.46. The van der Waals surface area contributed by atoms with Crippen LogP contribution < -0.4 is 10.2 Å². The number of hydrogen-bond acceptors (Lipinski definition) is 6. The zero-order valence-corrected chi connectivity index (χ0v) is 19.7. The van der Waals surface area contributed by atoms with Crippen molar-refractivity contribution < 1.29 is 22.8 Å². The number of piperazine rings is 2. The molecule has 1 N–H and O–H groups in total. The number of halogens is 3. The Balaban J connectivity index is 1.26. The minimum atomic E-state index is -4.38. The number of thiazole rings is 1. The Labute approximate surface area is 199 Å². The van der Waals surface area contributed by atoms with Crippen LogP contribution in [0.1, 0.15) is 11.3 Å². The van der Waals surface area contributed by atoms with Crippen molar-refractivity contribution in [2.45, 2.75) is 12.6 Å². The maximum atomic E-state index is 13.0. The minimum absolute atomic E-state index is 0.0917. The first-order chi connectivity index (χ1) is 16.2. The third-order valence-corrected chi connectivity index (χ3v) is 6.87. The summed E-state index contributed by atoms with van der Waals surface area (Å²) in [6.07, 6.45) is -4.27. The van der Waals surface area contributed by atoms with Gasteiger partial charge in [-0.2, -0.15) is 13.2 Å². The van der Waals surface area contributed by atoms with Gasteiger partial charge in [0.2, 0.25) is 5.91 Å². The van der Waals surface area contributed by atoms with Crippen LogP contribution in [0.3, 0.4) is 0 Å². The molecule has 0 bridgehead atoms. The van der Waals surface area contributed by atoms with Crippen LogP contribution in [0.25, 0.3) is 0 Å². The Hall–Kier alpha value is -2.86. The quantitative estimate of drug-likeness (QED) is 0.705. The van der Waals surface area contributed by atoms with Crippen molar-refractivity contribution in [2.75, 3.05) is 69.6 Å². The number of nitrogens with zero attached hydrogens (tertiary/aromatic N) is 5. The van der Waals surface area contributed by atoms with Crippen LogP contribution >= 0.6 is 11.3 Å². The summed E-state index contributed by atoms with van der Waals surface area (Å²) in [5.74, 6) is -0.0917. The zero-order chi connectivity index (χ0) is 24.3. The third kappa shape index (κ3) is 5.98. The lowest BCUT2D eigenvalue weighted by atomic mass is 10.1. The summed E-state index contributed by atoms with van der Waals surface area (Å²) in [6.45, 7) is 4.72. The van der Waals surface area contributed by atoms with Gasteiger partial charge in [0.15, 0.2) is 5.13 Å². The van der Waals surface area contributed by atoms with Crippen molar-refractivity contribution in [3.05, 3.63) is 40.9 Å². The number of aromatic nitrogens is 1. The third-order valence-electron chi connectivity index (χ3n) is 6.06. The Morgan fingerprint density at radius 2 is 1.71 bits per heavy atom. The monoisotopic (exact) mass is 496 g/mol. The van der Waals surface area contributed by atoms with Gasteiger partial charge in [0.1, 0.15) is 0 Å². The second-order valence-corrected chi connectivity index (χ2v) is 9.32. The lowest BCUT2D eigenvalue weighted by Gasteiger charge is -2.36. The van der Waals surface area contributed by atoms with Crippen LogP contribution in [0.2, 0.25) is 0 Å². The molecule has 1 aromatic heterocycles. The molecular formula is C22H27F3N6O2S. The van der Waals surface area contributed by atoms with E-state index >= 15 is 0 Å². The summed E-state index contributed by atoms with van der Waals surface area (Å²) in [4.78, 5) is 37.0. The van der Waals surface area contributed by atoms with E-state index in [1.165, 1.54) is 17.4 Å². The molecule has 3 heterocycles. The molecule has 2 saturated heterocycles. The highest BCUT2D eigenvalue weighted by molar-refractivity contribution is 7.13. The first-order valence-electron chi connectivity index (χ1n) is 11.1. The number of alkyl halides is 3. The van der Waals surface area contributed by atoms with Gasteiger partial charge in [-0.15, -0.1) is 11.3 Å². The fourth-order valence-electron chi connectivity index (χ4n) is 3.99. The number of carbonyl (C=O) groups is 2. The molecule has 0 unspecified atom stereocenters. The summed E-state index contributed by atoms with van der Waals surface area (Å²) in [5, 5.41) is 5.02. The van der Waals surface area contributed by atoms with E-state index in [1.807, 2.05) is 11.9 Å². The van der Waals surface area contributed by atoms with Crippen molar-refractivity contribution in [3.63, 3.8) is 0 Å². The van der Waals surface area contributed by atoms with E-state index in [2.05, 4.69) is 15.2 Å². The predicted octanol–water partition coefficient (Wildman–Crippen LogP) is 2.83. The maximum Gasteiger partial charge on any atom is 0.416 e. The molecule has 1 aromatic carbocycles. The predicted molar refractivity (Wildman–Crippen MR) is 124 cm³/mol. The molecule has 0 aliphatic carbocycles. The molecule has 12 heteroatoms. The SMILES string of the molecule is CN1CCN(C(=O)Nc2nc(CC(=O)N3CCN(c4cccc(C(F)(F)F)c4)CC3)cs2)CC1. The van der Waals surface area contributed by atoms with Gasteiger partial charge < -0.3 is 19.6 Å². The molecule has 3 amide bonds. The number of nitrogens with one attached hydrogen (secondary N) is 1. The molecule has 0 spiro atoms. The minimum Gasteiger partial charge on any atom is -0.368 e. The first-order valence-corrected chi connectivity index (χ1v) is 12.0. The molecule has 0 atom stereocenters. The smallest absolute Gasteiger partial charge is 0.368 e. The fourth-order valence-corrected chi connectivity index (χ4v) is 4.69. The van der Waals surface area contributed by atoms with Crippen LogP contribution in [-0.2, 0) is 17.4 Å². The van der Waals surface area contributed by atoms with Crippen molar-refractivity contribution in [3.8, 4) is 0 Å². The lowest BCUT2D eigenvalue weighted by Crippen LogP contribution is -2.49. The number of anilines is 2. The topological polar surface area (TPSA) is 72.0 Å². The molecule has 4 rings (SSSR count). The summed E-state index contributed by atoms with van der Waals surface area (Å²) in [5.41, 5.74) is 0.411. The first kappa shape index (κ1) is 24.3. The fraction of sp³-hybridized carbons (Fsp3) is 0.500. The Morgan fingerprint density at radius 1 is 1.03 bits per heavy atom. The van der Waals surface area contributed by atoms with Crippen LogP contribution in [0.4, 0.5) is 28.8 Å². The van der Waals surface area contributed by atoms with Crippen LogP contribution in [0, 0.1) is 0 Å². The van der Waals surface area contributed by atoms with E-state index in [4.69, 9.17) is 0 Å². The largest absolute Gasteiger partial charge is 0.416 e. The molecule has 34 heavy (non-hydrogen) atoms. The highest BCUT2D eigenvalue weighted by atomic mass is 32.1. The zero-order valence-electron chi connectivity index (χ0n) is 18.8. The number of hydrogen-bond donors (Lipinski definition) is 1. The van der Waals surface area contributed by atoms with Crippen LogP contribution in [0.15, 0.2) is 29.6 Å². The normalized spacial score (nSPS) is 17.7. The number of likely N-dealkylation sites (N-methyl/N-ethyl adjacent to an activating group) is 1. The highest BCUT2D eigenvalue weighted by Crippen LogP contribution is 2.32. The van der Waals surface area contributed by atoms with E-state index in [1.54, 1.807) is 21.2 Å². The van der Waals surface area contributed by atoms with Crippen molar-refractivity contribution in [1.29, 1.82) is 0 Å². The molecule has 2 aliphatic rings. The van der Waals surface area contributed by atoms with Crippen molar-refractivity contribution >= 4 is 34.1 Å². The van der Waals surface area contributed by atoms with Gasteiger partial charge >= 0.3 is 12.2 Å². The van der Waals surface area contributed by atoms with Crippen LogP contribution in [-0.4, -0.2) is 91.0 Å². The van der Waals surface area contributed by atoms with Crippen LogP contribution in [0.5, 0.6) is 0 Å². The van der Waals surface area contributed by atoms with E-state index in [-0.39, 0.29) is 18.4 Å². The Morgan fingerprint density at radius 3 is 2.38 bits per heavy atom. The molecule has 2 aliphatic heterocycles. The maximum absolute atomic E-state index is 13.0. The molecular weight excluding hydrogens is 469 g/mol. The van der Waals surface area contributed by atoms with E-state index in [9.17, 15) is 22.8 Å². The van der Waals surface area contributed by atoms with E-state index in [0.717, 1.165) is 25.2 Å². The number of amides is 3. The summed E-state index contributed by atoms with van der Waals surface area (Å²) < 4.78 is 39.0. The van der Waals surface area contributed by atoms with Gasteiger partial charge in [-0.3, -0.25) is 10.1 Å². The molecule has 8 nitrogen and oxygen atoms in total. The van der Waals surface area contributed by atoms with Gasteiger partial charge in [-0.05, 0) is 25.2 Å². The van der Waals surface area contributed by atoms with Gasteiger partial charge in [-0.25, -0.2) is 9.78 Å². The average molecular weight is 497 g/mol. The van der Waals surface area contributed by atoms with E-state index in [0.29, 0.717) is 55.8 Å². The highest BCUT2D eigenvalue weighted by Gasteiger charge is 2.31. The Kier molecular flexibility index (Phi) is 7.27. The average Bonchev–Trinajstić information content (AvgIpc) is 3.25. The number of carbonyl (C=O) groups excluding carboxylic acids is 2. The van der Waals surface area contributed by atoms with Gasteiger partial charge in [0.25, 0.3) is 0 Å². The van der Waals surface area contributed by atoms with E-state index < -0.39 is 11.7 Å². The van der Waals surface area contributed by atoms with Crippen molar-refractivity contribution in [2.24, 2.45) is 0 Å². The molecule has 2 fully saturated rings. The Bertz CT molecular complexity index is 1010. The van der Waals surface area contributed by atoms with Gasteiger partial charge in [0, 0.05) is 63.4 Å². The second kappa shape index (κ2) is 10.2. The molecule has 0 saturated carbocycles. The molecule has 184 valence electrons. The molecule has 0 radical (unpaired) electrons. The summed E-state index contributed by atoms with van der Waals surface area (Å²) in [7, 11) is 2.02. The number of rotatable bonds is 4.